The average molecular weight is 476 g/mol. The third-order valence-corrected chi connectivity index (χ3v) is 4.45. The highest BCUT2D eigenvalue weighted by Gasteiger charge is 2.07. The van der Waals surface area contributed by atoms with Crippen molar-refractivity contribution in [2.45, 2.75) is 26.8 Å². The zero-order chi connectivity index (χ0) is 17.4. The lowest BCUT2D eigenvalue weighted by molar-refractivity contribution is 0.311. The van der Waals surface area contributed by atoms with Crippen molar-refractivity contribution in [1.82, 2.24) is 10.3 Å². The molecule has 2 aromatic rings. The van der Waals surface area contributed by atoms with E-state index in [-0.39, 0.29) is 24.0 Å². The maximum Gasteiger partial charge on any atom is 0.195 e. The van der Waals surface area contributed by atoms with Gasteiger partial charge in [-0.25, -0.2) is 4.98 Å². The predicted molar refractivity (Wildman–Crippen MR) is 115 cm³/mol. The summed E-state index contributed by atoms with van der Waals surface area (Å²) in [5.41, 5.74) is 0.876. The molecule has 138 valence electrons. The zero-order valence-corrected chi connectivity index (χ0v) is 18.1. The first-order valence-electron chi connectivity index (χ1n) is 7.92. The van der Waals surface area contributed by atoms with Crippen molar-refractivity contribution in [3.05, 3.63) is 34.3 Å². The second-order valence-electron chi connectivity index (χ2n) is 4.92. The largest absolute Gasteiger partial charge is 0.493 e. The smallest absolute Gasteiger partial charge is 0.195 e. The van der Waals surface area contributed by atoms with Crippen molar-refractivity contribution in [3.8, 4) is 11.5 Å². The lowest BCUT2D eigenvalue weighted by Crippen LogP contribution is -2.30. The van der Waals surface area contributed by atoms with Crippen molar-refractivity contribution in [3.63, 3.8) is 0 Å². The van der Waals surface area contributed by atoms with Crippen LogP contribution in [0.2, 0.25) is 0 Å². The van der Waals surface area contributed by atoms with Gasteiger partial charge < -0.3 is 20.1 Å². The SMILES string of the molecule is CCOc1cc(NC(=NC)NCc2ncc(CC)s2)ccc1OC.I. The minimum absolute atomic E-state index is 0. The molecule has 6 nitrogen and oxygen atoms in total. The first-order valence-corrected chi connectivity index (χ1v) is 8.73. The van der Waals surface area contributed by atoms with Crippen LogP contribution in [-0.2, 0) is 13.0 Å². The van der Waals surface area contributed by atoms with Crippen LogP contribution in [0.4, 0.5) is 5.69 Å². The van der Waals surface area contributed by atoms with Crippen LogP contribution in [-0.4, -0.2) is 31.7 Å². The lowest BCUT2D eigenvalue weighted by atomic mass is 10.2. The van der Waals surface area contributed by atoms with Gasteiger partial charge in [0.25, 0.3) is 0 Å². The van der Waals surface area contributed by atoms with Crippen LogP contribution in [0, 0.1) is 0 Å². The molecule has 0 unspecified atom stereocenters. The molecule has 0 spiro atoms. The zero-order valence-electron chi connectivity index (χ0n) is 15.0. The van der Waals surface area contributed by atoms with Gasteiger partial charge in [-0.2, -0.15) is 0 Å². The molecule has 1 aromatic heterocycles. The number of methoxy groups -OCH3 is 1. The number of rotatable bonds is 7. The summed E-state index contributed by atoms with van der Waals surface area (Å²) in [5.74, 6) is 2.09. The number of hydrogen-bond acceptors (Lipinski definition) is 5. The Morgan fingerprint density at radius 3 is 2.68 bits per heavy atom. The van der Waals surface area contributed by atoms with Gasteiger partial charge in [0.2, 0.25) is 0 Å². The number of benzene rings is 1. The molecular formula is C17H25IN4O2S. The van der Waals surface area contributed by atoms with E-state index in [0.29, 0.717) is 30.6 Å². The van der Waals surface area contributed by atoms with Crippen LogP contribution >= 0.6 is 35.3 Å². The van der Waals surface area contributed by atoms with E-state index in [1.807, 2.05) is 31.3 Å². The van der Waals surface area contributed by atoms with Gasteiger partial charge in [-0.1, -0.05) is 6.92 Å². The van der Waals surface area contributed by atoms with E-state index in [0.717, 1.165) is 17.1 Å². The van der Waals surface area contributed by atoms with Gasteiger partial charge >= 0.3 is 0 Å². The van der Waals surface area contributed by atoms with Crippen LogP contribution in [0.3, 0.4) is 0 Å². The number of thiazole rings is 1. The summed E-state index contributed by atoms with van der Waals surface area (Å²) >= 11 is 1.71. The lowest BCUT2D eigenvalue weighted by Gasteiger charge is -2.14. The number of nitrogens with one attached hydrogen (secondary N) is 2. The summed E-state index contributed by atoms with van der Waals surface area (Å²) in [7, 11) is 3.37. The second-order valence-corrected chi connectivity index (χ2v) is 6.12. The Balaban J connectivity index is 0.00000312. The number of aromatic nitrogens is 1. The molecule has 0 fully saturated rings. The molecule has 1 heterocycles. The minimum Gasteiger partial charge on any atom is -0.493 e. The summed E-state index contributed by atoms with van der Waals surface area (Å²) in [6.45, 7) is 5.29. The quantitative estimate of drug-likeness (QED) is 0.360. The highest BCUT2D eigenvalue weighted by Crippen LogP contribution is 2.30. The van der Waals surface area contributed by atoms with Gasteiger partial charge in [-0.05, 0) is 25.5 Å². The Hall–Kier alpha value is -1.55. The first kappa shape index (κ1) is 21.5. The standard InChI is InChI=1S/C17H24N4O2S.HI/c1-5-13-10-19-16(24-13)11-20-17(18-3)21-12-7-8-14(22-4)15(9-12)23-6-2;/h7-10H,5-6,11H2,1-4H3,(H2,18,20,21);1H. The minimum atomic E-state index is 0. The summed E-state index contributed by atoms with van der Waals surface area (Å²) in [6, 6.07) is 5.69. The molecule has 2 rings (SSSR count). The molecule has 0 aliphatic rings. The molecule has 0 saturated heterocycles. The monoisotopic (exact) mass is 476 g/mol. The number of nitrogens with zero attached hydrogens (tertiary/aromatic N) is 2. The summed E-state index contributed by atoms with van der Waals surface area (Å²) < 4.78 is 10.9. The number of ether oxygens (including phenoxy) is 2. The number of guanidine groups is 1. The van der Waals surface area contributed by atoms with E-state index in [2.05, 4.69) is 27.5 Å². The molecular weight excluding hydrogens is 451 g/mol. The molecule has 0 aliphatic heterocycles. The van der Waals surface area contributed by atoms with E-state index >= 15 is 0 Å². The molecule has 25 heavy (non-hydrogen) atoms. The molecule has 1 aromatic carbocycles. The Morgan fingerprint density at radius 1 is 1.28 bits per heavy atom. The number of anilines is 1. The van der Waals surface area contributed by atoms with Crippen LogP contribution in [0.15, 0.2) is 29.4 Å². The van der Waals surface area contributed by atoms with Crippen molar-refractivity contribution in [2.24, 2.45) is 4.99 Å². The molecule has 0 amide bonds. The van der Waals surface area contributed by atoms with Crippen LogP contribution in [0.1, 0.15) is 23.7 Å². The fourth-order valence-corrected chi connectivity index (χ4v) is 2.89. The van der Waals surface area contributed by atoms with Gasteiger partial charge in [0.1, 0.15) is 5.01 Å². The maximum absolute atomic E-state index is 5.59. The van der Waals surface area contributed by atoms with Crippen molar-refractivity contribution >= 4 is 47.0 Å². The Kier molecular flexibility index (Phi) is 9.58. The average Bonchev–Trinajstić information content (AvgIpc) is 3.07. The van der Waals surface area contributed by atoms with Crippen molar-refractivity contribution < 1.29 is 9.47 Å². The highest BCUT2D eigenvalue weighted by atomic mass is 127. The number of aliphatic imine (C=N–C) groups is 1. The van der Waals surface area contributed by atoms with E-state index in [1.54, 1.807) is 25.5 Å². The van der Waals surface area contributed by atoms with Crippen molar-refractivity contribution in [2.75, 3.05) is 26.1 Å². The molecule has 2 N–H and O–H groups in total. The van der Waals surface area contributed by atoms with Gasteiger partial charge in [0.05, 0.1) is 20.3 Å². The van der Waals surface area contributed by atoms with Crippen LogP contribution in [0.5, 0.6) is 11.5 Å². The predicted octanol–water partition coefficient (Wildman–Crippen LogP) is 3.92. The van der Waals surface area contributed by atoms with Crippen molar-refractivity contribution in [1.29, 1.82) is 0 Å². The molecule has 0 aliphatic carbocycles. The van der Waals surface area contributed by atoms with E-state index in [9.17, 15) is 0 Å². The van der Waals surface area contributed by atoms with Crippen LogP contribution in [0.25, 0.3) is 0 Å². The second kappa shape index (κ2) is 11.1. The van der Waals surface area contributed by atoms with Crippen LogP contribution < -0.4 is 20.1 Å². The molecule has 0 saturated carbocycles. The first-order chi connectivity index (χ1) is 11.7. The normalized spacial score (nSPS) is 10.8. The summed E-state index contributed by atoms with van der Waals surface area (Å²) in [4.78, 5) is 9.92. The number of hydrogen-bond donors (Lipinski definition) is 2. The van der Waals surface area contributed by atoms with Gasteiger partial charge in [-0.3, -0.25) is 4.99 Å². The number of aryl methyl sites for hydroxylation is 1. The summed E-state index contributed by atoms with van der Waals surface area (Å²) in [6.07, 6.45) is 2.94. The maximum atomic E-state index is 5.59. The van der Waals surface area contributed by atoms with Gasteiger partial charge in [0, 0.05) is 29.9 Å². The third-order valence-electron chi connectivity index (χ3n) is 3.31. The fraction of sp³-hybridized carbons (Fsp3) is 0.412. The van der Waals surface area contributed by atoms with E-state index in [4.69, 9.17) is 9.47 Å². The third kappa shape index (κ3) is 6.35. The van der Waals surface area contributed by atoms with E-state index < -0.39 is 0 Å². The molecule has 0 bridgehead atoms. The summed E-state index contributed by atoms with van der Waals surface area (Å²) in [5, 5.41) is 7.56. The molecule has 0 radical (unpaired) electrons. The molecule has 8 heteroatoms. The Labute approximate surface area is 170 Å². The van der Waals surface area contributed by atoms with E-state index in [1.165, 1.54) is 4.88 Å². The molecule has 0 atom stereocenters. The highest BCUT2D eigenvalue weighted by molar-refractivity contribution is 14.0. The Morgan fingerprint density at radius 2 is 2.08 bits per heavy atom. The fourth-order valence-electron chi connectivity index (χ4n) is 2.09. The van der Waals surface area contributed by atoms with Gasteiger partial charge in [0.15, 0.2) is 17.5 Å². The Bertz CT molecular complexity index is 691. The van der Waals surface area contributed by atoms with Gasteiger partial charge in [-0.15, -0.1) is 35.3 Å². The topological polar surface area (TPSA) is 67.8 Å². The number of halogens is 1.